The largest absolute Gasteiger partial charge is 0.465 e. The molecule has 0 radical (unpaired) electrons. The van der Waals surface area contributed by atoms with Gasteiger partial charge in [0, 0.05) is 6.20 Å². The van der Waals surface area contributed by atoms with Crippen LogP contribution >= 0.6 is 11.6 Å². The highest BCUT2D eigenvalue weighted by atomic mass is 35.5. The lowest BCUT2D eigenvalue weighted by atomic mass is 10.4. The molecule has 2 heterocycles. The quantitative estimate of drug-likeness (QED) is 0.671. The molecule has 72 valence electrons. The van der Waals surface area contributed by atoms with Gasteiger partial charge in [0.05, 0.1) is 10.4 Å². The van der Waals surface area contributed by atoms with Crippen LogP contribution in [0.4, 0.5) is 10.6 Å². The Hall–Kier alpha value is -1.82. The van der Waals surface area contributed by atoms with E-state index in [9.17, 15) is 4.79 Å². The Morgan fingerprint density at radius 2 is 2.36 bits per heavy atom. The normalized spacial score (nSPS) is 10.4. The zero-order valence-electron chi connectivity index (χ0n) is 6.78. The molecule has 0 unspecified atom stereocenters. The third-order valence-electron chi connectivity index (χ3n) is 1.65. The minimum atomic E-state index is -1.19. The molecular weight excluding hydrogens is 208 g/mol. The lowest BCUT2D eigenvalue weighted by Gasteiger charge is -2.00. The van der Waals surface area contributed by atoms with Crippen LogP contribution in [0.2, 0.25) is 5.02 Å². The van der Waals surface area contributed by atoms with Crippen molar-refractivity contribution < 1.29 is 9.90 Å². The van der Waals surface area contributed by atoms with Gasteiger partial charge in [-0.05, 0) is 0 Å². The van der Waals surface area contributed by atoms with Crippen molar-refractivity contribution in [1.29, 1.82) is 0 Å². The van der Waals surface area contributed by atoms with Crippen molar-refractivity contribution in [2.45, 2.75) is 0 Å². The second kappa shape index (κ2) is 3.15. The zero-order valence-corrected chi connectivity index (χ0v) is 7.54. The van der Waals surface area contributed by atoms with Crippen LogP contribution in [0.15, 0.2) is 12.5 Å². The van der Waals surface area contributed by atoms with Crippen LogP contribution in [-0.2, 0) is 0 Å². The number of fused-ring (bicyclic) bond motifs is 1. The maximum atomic E-state index is 10.4. The third kappa shape index (κ3) is 1.35. The van der Waals surface area contributed by atoms with E-state index in [0.717, 1.165) is 0 Å². The molecule has 0 atom stereocenters. The standard InChI is InChI=1S/C7H5ClN4O2/c8-3-1-9-5-4(3)6(11-2-10-5)12-7(13)14/h1-2H,(H,13,14)(H2,9,10,11,12). The number of aromatic amines is 1. The number of carbonyl (C=O) groups is 1. The maximum absolute atomic E-state index is 10.4. The second-order valence-corrected chi connectivity index (χ2v) is 2.92. The molecule has 6 nitrogen and oxygen atoms in total. The maximum Gasteiger partial charge on any atom is 0.410 e. The number of H-pyrrole nitrogens is 1. The number of amides is 1. The number of halogens is 1. The molecule has 0 aliphatic carbocycles. The second-order valence-electron chi connectivity index (χ2n) is 2.51. The first-order chi connectivity index (χ1) is 6.68. The predicted molar refractivity (Wildman–Crippen MR) is 50.5 cm³/mol. The number of aromatic nitrogens is 3. The molecule has 2 aromatic heterocycles. The van der Waals surface area contributed by atoms with Gasteiger partial charge in [0.15, 0.2) is 0 Å². The van der Waals surface area contributed by atoms with Gasteiger partial charge < -0.3 is 10.1 Å². The van der Waals surface area contributed by atoms with Gasteiger partial charge in [0.2, 0.25) is 0 Å². The summed E-state index contributed by atoms with van der Waals surface area (Å²) in [5.41, 5.74) is 0.494. The Bertz CT molecular complexity index is 495. The molecular formula is C7H5ClN4O2. The summed E-state index contributed by atoms with van der Waals surface area (Å²) in [5, 5.41) is 11.5. The summed E-state index contributed by atoms with van der Waals surface area (Å²) in [5.74, 6) is 0.175. The van der Waals surface area contributed by atoms with Crippen LogP contribution in [0.5, 0.6) is 0 Å². The van der Waals surface area contributed by atoms with E-state index in [1.807, 2.05) is 0 Å². The van der Waals surface area contributed by atoms with Crippen LogP contribution < -0.4 is 5.32 Å². The lowest BCUT2D eigenvalue weighted by Crippen LogP contribution is -2.09. The molecule has 3 N–H and O–H groups in total. The fraction of sp³-hybridized carbons (Fsp3) is 0. The number of hydrogen-bond acceptors (Lipinski definition) is 3. The molecule has 2 aromatic rings. The topological polar surface area (TPSA) is 90.9 Å². The molecule has 7 heteroatoms. The molecule has 14 heavy (non-hydrogen) atoms. The summed E-state index contributed by atoms with van der Waals surface area (Å²) in [6, 6.07) is 0. The van der Waals surface area contributed by atoms with E-state index in [4.69, 9.17) is 16.7 Å². The molecule has 0 aliphatic rings. The zero-order chi connectivity index (χ0) is 10.1. The molecule has 0 saturated carbocycles. The van der Waals surface area contributed by atoms with Gasteiger partial charge in [0.25, 0.3) is 0 Å². The molecule has 0 fully saturated rings. The fourth-order valence-corrected chi connectivity index (χ4v) is 1.35. The van der Waals surface area contributed by atoms with Crippen LogP contribution in [0.25, 0.3) is 11.0 Å². The van der Waals surface area contributed by atoms with Crippen LogP contribution in [0, 0.1) is 0 Å². The van der Waals surface area contributed by atoms with Crippen molar-refractivity contribution in [3.63, 3.8) is 0 Å². The highest BCUT2D eigenvalue weighted by Gasteiger charge is 2.10. The van der Waals surface area contributed by atoms with Crippen molar-refractivity contribution in [3.05, 3.63) is 17.5 Å². The number of nitrogens with one attached hydrogen (secondary N) is 2. The number of nitrogens with zero attached hydrogens (tertiary/aromatic N) is 2. The number of rotatable bonds is 1. The van der Waals surface area contributed by atoms with E-state index in [1.54, 1.807) is 0 Å². The van der Waals surface area contributed by atoms with Crippen molar-refractivity contribution in [2.24, 2.45) is 0 Å². The summed E-state index contributed by atoms with van der Waals surface area (Å²) >= 11 is 5.82. The number of hydrogen-bond donors (Lipinski definition) is 3. The summed E-state index contributed by atoms with van der Waals surface area (Å²) in [6.07, 6.45) is 1.58. The molecule has 0 saturated heterocycles. The Balaban J connectivity index is 2.63. The van der Waals surface area contributed by atoms with Crippen LogP contribution in [0.3, 0.4) is 0 Å². The van der Waals surface area contributed by atoms with Gasteiger partial charge >= 0.3 is 6.09 Å². The molecule has 2 rings (SSSR count). The summed E-state index contributed by atoms with van der Waals surface area (Å²) < 4.78 is 0. The summed E-state index contributed by atoms with van der Waals surface area (Å²) in [4.78, 5) is 20.9. The number of carboxylic acid groups (broad SMARTS) is 1. The van der Waals surface area contributed by atoms with E-state index in [2.05, 4.69) is 20.3 Å². The molecule has 0 aromatic carbocycles. The molecule has 0 aliphatic heterocycles. The smallest absolute Gasteiger partial charge is 0.410 e. The van der Waals surface area contributed by atoms with Gasteiger partial charge in [-0.15, -0.1) is 0 Å². The van der Waals surface area contributed by atoms with Crippen molar-refractivity contribution in [1.82, 2.24) is 15.0 Å². The van der Waals surface area contributed by atoms with E-state index in [1.165, 1.54) is 12.5 Å². The minimum Gasteiger partial charge on any atom is -0.465 e. The monoisotopic (exact) mass is 212 g/mol. The highest BCUT2D eigenvalue weighted by molar-refractivity contribution is 6.36. The first-order valence-corrected chi connectivity index (χ1v) is 4.04. The summed E-state index contributed by atoms with van der Waals surface area (Å²) in [7, 11) is 0. The van der Waals surface area contributed by atoms with Gasteiger partial charge in [-0.25, -0.2) is 14.8 Å². The minimum absolute atomic E-state index is 0.175. The molecule has 0 bridgehead atoms. The van der Waals surface area contributed by atoms with Crippen LogP contribution in [-0.4, -0.2) is 26.2 Å². The predicted octanol–water partition coefficient (Wildman–Crippen LogP) is 1.70. The Morgan fingerprint density at radius 1 is 1.57 bits per heavy atom. The molecule has 1 amide bonds. The third-order valence-corrected chi connectivity index (χ3v) is 1.95. The van der Waals surface area contributed by atoms with Crippen molar-refractivity contribution >= 4 is 34.5 Å². The lowest BCUT2D eigenvalue weighted by molar-refractivity contribution is 0.209. The Kier molecular flexibility index (Phi) is 1.97. The van der Waals surface area contributed by atoms with E-state index < -0.39 is 6.09 Å². The van der Waals surface area contributed by atoms with Crippen molar-refractivity contribution in [3.8, 4) is 0 Å². The van der Waals surface area contributed by atoms with Gasteiger partial charge in [-0.1, -0.05) is 11.6 Å². The average molecular weight is 213 g/mol. The van der Waals surface area contributed by atoms with E-state index in [0.29, 0.717) is 16.1 Å². The Morgan fingerprint density at radius 3 is 3.07 bits per heavy atom. The van der Waals surface area contributed by atoms with E-state index in [-0.39, 0.29) is 5.82 Å². The van der Waals surface area contributed by atoms with Gasteiger partial charge in [-0.3, -0.25) is 5.32 Å². The van der Waals surface area contributed by atoms with E-state index >= 15 is 0 Å². The van der Waals surface area contributed by atoms with Crippen LogP contribution in [0.1, 0.15) is 0 Å². The van der Waals surface area contributed by atoms with Crippen molar-refractivity contribution in [2.75, 3.05) is 5.32 Å². The average Bonchev–Trinajstić information content (AvgIpc) is 2.48. The Labute approximate surface area is 82.9 Å². The fourth-order valence-electron chi connectivity index (χ4n) is 1.12. The first-order valence-electron chi connectivity index (χ1n) is 3.66. The number of anilines is 1. The molecule has 0 spiro atoms. The summed E-state index contributed by atoms with van der Waals surface area (Å²) in [6.45, 7) is 0. The SMILES string of the molecule is O=C(O)Nc1ncnc2[nH]cc(Cl)c12. The van der Waals surface area contributed by atoms with Gasteiger partial charge in [0.1, 0.15) is 17.8 Å². The highest BCUT2D eigenvalue weighted by Crippen LogP contribution is 2.26. The van der Waals surface area contributed by atoms with Gasteiger partial charge in [-0.2, -0.15) is 0 Å². The first kappa shape index (κ1) is 8.76.